The van der Waals surface area contributed by atoms with Crippen LogP contribution in [0.25, 0.3) is 10.9 Å². The van der Waals surface area contributed by atoms with Crippen LogP contribution in [0.15, 0.2) is 24.4 Å². The molecule has 0 fully saturated rings. The molecule has 1 aromatic heterocycles. The van der Waals surface area contributed by atoms with E-state index < -0.39 is 18.2 Å². The highest BCUT2D eigenvalue weighted by Crippen LogP contribution is 2.26. The van der Waals surface area contributed by atoms with Crippen molar-refractivity contribution in [2.45, 2.75) is 18.6 Å². The standard InChI is InChI=1S/C14H18N2O4/c1-20-14(19)10-6-8(13(18)12(17)2-4-15)7-11-9(10)3-5-16-11/h3,5-7,12-13,16-18H,2,4,15H2,1H3. The van der Waals surface area contributed by atoms with Gasteiger partial charge in [0.15, 0.2) is 0 Å². The Bertz CT molecular complexity index is 608. The lowest BCUT2D eigenvalue weighted by molar-refractivity contribution is 0.0150. The number of hydrogen-bond acceptors (Lipinski definition) is 5. The third-order valence-electron chi connectivity index (χ3n) is 3.26. The van der Waals surface area contributed by atoms with Gasteiger partial charge >= 0.3 is 5.97 Å². The highest BCUT2D eigenvalue weighted by Gasteiger charge is 2.21. The summed E-state index contributed by atoms with van der Waals surface area (Å²) in [4.78, 5) is 14.8. The van der Waals surface area contributed by atoms with E-state index in [4.69, 9.17) is 10.5 Å². The summed E-state index contributed by atoms with van der Waals surface area (Å²) in [7, 11) is 1.30. The fourth-order valence-electron chi connectivity index (χ4n) is 2.19. The lowest BCUT2D eigenvalue weighted by atomic mass is 9.98. The molecule has 2 unspecified atom stereocenters. The Labute approximate surface area is 116 Å². The Morgan fingerprint density at radius 1 is 1.45 bits per heavy atom. The van der Waals surface area contributed by atoms with E-state index in [-0.39, 0.29) is 13.0 Å². The lowest BCUT2D eigenvalue weighted by Gasteiger charge is -2.18. The van der Waals surface area contributed by atoms with E-state index in [1.165, 1.54) is 13.2 Å². The first-order chi connectivity index (χ1) is 9.58. The van der Waals surface area contributed by atoms with Crippen molar-refractivity contribution in [3.8, 4) is 0 Å². The minimum Gasteiger partial charge on any atom is -0.465 e. The number of H-pyrrole nitrogens is 1. The van der Waals surface area contributed by atoms with E-state index in [9.17, 15) is 15.0 Å². The van der Waals surface area contributed by atoms with Gasteiger partial charge in [-0.15, -0.1) is 0 Å². The summed E-state index contributed by atoms with van der Waals surface area (Å²) >= 11 is 0. The molecule has 108 valence electrons. The first-order valence-electron chi connectivity index (χ1n) is 6.34. The van der Waals surface area contributed by atoms with Crippen molar-refractivity contribution >= 4 is 16.9 Å². The molecule has 0 aliphatic carbocycles. The minimum atomic E-state index is -1.10. The van der Waals surface area contributed by atoms with Gasteiger partial charge in [-0.1, -0.05) is 0 Å². The molecule has 6 nitrogen and oxygen atoms in total. The van der Waals surface area contributed by atoms with Crippen LogP contribution < -0.4 is 5.73 Å². The topological polar surface area (TPSA) is 109 Å². The first kappa shape index (κ1) is 14.5. The normalized spacial score (nSPS) is 14.2. The van der Waals surface area contributed by atoms with Gasteiger partial charge in [-0.25, -0.2) is 4.79 Å². The maximum atomic E-state index is 11.8. The maximum Gasteiger partial charge on any atom is 0.338 e. The predicted octanol–water partition coefficient (Wildman–Crippen LogP) is 0.698. The third-order valence-corrected chi connectivity index (χ3v) is 3.26. The Morgan fingerprint density at radius 2 is 2.20 bits per heavy atom. The van der Waals surface area contributed by atoms with Gasteiger partial charge in [-0.05, 0) is 36.7 Å². The van der Waals surface area contributed by atoms with Gasteiger partial charge < -0.3 is 25.7 Å². The average molecular weight is 278 g/mol. The molecule has 2 aromatic rings. The molecule has 1 aromatic carbocycles. The second-order valence-electron chi connectivity index (χ2n) is 4.59. The highest BCUT2D eigenvalue weighted by atomic mass is 16.5. The van der Waals surface area contributed by atoms with Crippen LogP contribution in [-0.4, -0.2) is 40.9 Å². The second-order valence-corrected chi connectivity index (χ2v) is 4.59. The van der Waals surface area contributed by atoms with E-state index >= 15 is 0 Å². The van der Waals surface area contributed by atoms with Crippen LogP contribution in [0.1, 0.15) is 28.4 Å². The number of carbonyl (C=O) groups excluding carboxylic acids is 1. The predicted molar refractivity (Wildman–Crippen MR) is 74.3 cm³/mol. The van der Waals surface area contributed by atoms with E-state index in [1.807, 2.05) is 0 Å². The van der Waals surface area contributed by atoms with Crippen molar-refractivity contribution in [3.63, 3.8) is 0 Å². The van der Waals surface area contributed by atoms with Crippen LogP contribution >= 0.6 is 0 Å². The van der Waals surface area contributed by atoms with E-state index in [0.29, 0.717) is 22.0 Å². The smallest absolute Gasteiger partial charge is 0.338 e. The number of ether oxygens (including phenoxy) is 1. The Morgan fingerprint density at radius 3 is 2.85 bits per heavy atom. The van der Waals surface area contributed by atoms with Gasteiger partial charge in [0.1, 0.15) is 6.10 Å². The molecule has 0 bridgehead atoms. The fourth-order valence-corrected chi connectivity index (χ4v) is 2.19. The number of methoxy groups -OCH3 is 1. The van der Waals surface area contributed by atoms with Crippen molar-refractivity contribution in [1.29, 1.82) is 0 Å². The molecule has 2 atom stereocenters. The molecule has 0 aliphatic rings. The number of nitrogens with two attached hydrogens (primary N) is 1. The van der Waals surface area contributed by atoms with Crippen LogP contribution in [0.3, 0.4) is 0 Å². The monoisotopic (exact) mass is 278 g/mol. The van der Waals surface area contributed by atoms with Crippen molar-refractivity contribution in [3.05, 3.63) is 35.5 Å². The second kappa shape index (κ2) is 6.04. The first-order valence-corrected chi connectivity index (χ1v) is 6.34. The summed E-state index contributed by atoms with van der Waals surface area (Å²) in [5, 5.41) is 20.7. The zero-order valence-electron chi connectivity index (χ0n) is 11.2. The summed E-state index contributed by atoms with van der Waals surface area (Å²) in [6.07, 6.45) is -0.103. The van der Waals surface area contributed by atoms with Crippen molar-refractivity contribution < 1.29 is 19.7 Å². The number of nitrogens with one attached hydrogen (secondary N) is 1. The number of hydrogen-bond donors (Lipinski definition) is 4. The number of aliphatic hydroxyl groups excluding tert-OH is 2. The lowest BCUT2D eigenvalue weighted by Crippen LogP contribution is -2.22. The van der Waals surface area contributed by atoms with Crippen molar-refractivity contribution in [2.75, 3.05) is 13.7 Å². The molecule has 1 heterocycles. The van der Waals surface area contributed by atoms with Gasteiger partial charge in [-0.2, -0.15) is 0 Å². The number of aromatic amines is 1. The Hall–Kier alpha value is -1.89. The summed E-state index contributed by atoms with van der Waals surface area (Å²) in [6.45, 7) is 0.271. The number of esters is 1. The van der Waals surface area contributed by atoms with E-state index in [0.717, 1.165) is 0 Å². The highest BCUT2D eigenvalue weighted by molar-refractivity contribution is 6.04. The van der Waals surface area contributed by atoms with Crippen LogP contribution in [-0.2, 0) is 4.74 Å². The zero-order valence-corrected chi connectivity index (χ0v) is 11.2. The van der Waals surface area contributed by atoms with Crippen LogP contribution in [0.5, 0.6) is 0 Å². The fraction of sp³-hybridized carbons (Fsp3) is 0.357. The van der Waals surface area contributed by atoms with E-state index in [2.05, 4.69) is 4.98 Å². The summed E-state index contributed by atoms with van der Waals surface area (Å²) < 4.78 is 4.74. The van der Waals surface area contributed by atoms with Gasteiger partial charge in [-0.3, -0.25) is 0 Å². The van der Waals surface area contributed by atoms with Crippen LogP contribution in [0.2, 0.25) is 0 Å². The Kier molecular flexibility index (Phi) is 4.39. The van der Waals surface area contributed by atoms with Gasteiger partial charge in [0.05, 0.1) is 18.8 Å². The molecule has 0 radical (unpaired) electrons. The number of benzene rings is 1. The van der Waals surface area contributed by atoms with Gasteiger partial charge in [0, 0.05) is 17.1 Å². The SMILES string of the molecule is COC(=O)c1cc(C(O)C(O)CCN)cc2[nH]ccc12. The molecule has 0 aliphatic heterocycles. The van der Waals surface area contributed by atoms with Crippen molar-refractivity contribution in [2.24, 2.45) is 5.73 Å². The molecule has 20 heavy (non-hydrogen) atoms. The summed E-state index contributed by atoms with van der Waals surface area (Å²) in [5.74, 6) is -0.489. The van der Waals surface area contributed by atoms with Gasteiger partial charge in [0.2, 0.25) is 0 Å². The molecule has 2 rings (SSSR count). The van der Waals surface area contributed by atoms with E-state index in [1.54, 1.807) is 18.3 Å². The number of fused-ring (bicyclic) bond motifs is 1. The molecular weight excluding hydrogens is 260 g/mol. The molecule has 0 saturated heterocycles. The largest absolute Gasteiger partial charge is 0.465 e. The number of aromatic nitrogens is 1. The molecule has 0 saturated carbocycles. The molecule has 5 N–H and O–H groups in total. The third kappa shape index (κ3) is 2.67. The molecule has 6 heteroatoms. The summed E-state index contributed by atoms with van der Waals surface area (Å²) in [5.41, 5.74) is 6.86. The molecular formula is C14H18N2O4. The average Bonchev–Trinajstić information content (AvgIpc) is 2.93. The quantitative estimate of drug-likeness (QED) is 0.602. The number of carbonyl (C=O) groups is 1. The van der Waals surface area contributed by atoms with Crippen LogP contribution in [0.4, 0.5) is 0 Å². The maximum absolute atomic E-state index is 11.8. The van der Waals surface area contributed by atoms with Gasteiger partial charge in [0.25, 0.3) is 0 Å². The Balaban J connectivity index is 2.46. The van der Waals surface area contributed by atoms with Crippen LogP contribution in [0, 0.1) is 0 Å². The summed E-state index contributed by atoms with van der Waals surface area (Å²) in [6, 6.07) is 4.99. The zero-order chi connectivity index (χ0) is 14.7. The number of rotatable bonds is 5. The number of aliphatic hydroxyl groups is 2. The van der Waals surface area contributed by atoms with Crippen molar-refractivity contribution in [1.82, 2.24) is 4.98 Å². The molecule has 0 spiro atoms. The molecule has 0 amide bonds. The minimum absolute atomic E-state index is 0.271.